The topological polar surface area (TPSA) is 67.4 Å². The predicted molar refractivity (Wildman–Crippen MR) is 85.0 cm³/mol. The van der Waals surface area contributed by atoms with Crippen LogP contribution in [0.4, 0.5) is 0 Å². The van der Waals surface area contributed by atoms with Crippen LogP contribution in [-0.4, -0.2) is 29.1 Å². The summed E-state index contributed by atoms with van der Waals surface area (Å²) in [4.78, 5) is 0.277. The molecule has 0 saturated carbocycles. The fourth-order valence-corrected chi connectivity index (χ4v) is 3.31. The van der Waals surface area contributed by atoms with E-state index in [4.69, 9.17) is 4.74 Å². The Morgan fingerprint density at radius 3 is 2.43 bits per heavy atom. The van der Waals surface area contributed by atoms with Crippen LogP contribution in [0.5, 0.6) is 5.75 Å². The maximum Gasteiger partial charge on any atom is 0.240 e. The van der Waals surface area contributed by atoms with Gasteiger partial charge in [-0.25, -0.2) is 13.1 Å². The Morgan fingerprint density at radius 2 is 1.90 bits per heavy atom. The van der Waals surface area contributed by atoms with Crippen molar-refractivity contribution in [2.24, 2.45) is 5.92 Å². The second kappa shape index (κ2) is 8.36. The van der Waals surface area contributed by atoms with Crippen LogP contribution < -0.4 is 14.8 Å². The maximum absolute atomic E-state index is 12.4. The number of sulfonamides is 1. The molecule has 0 radical (unpaired) electrons. The number of methoxy groups -OCH3 is 1. The second-order valence-electron chi connectivity index (χ2n) is 5.04. The molecule has 0 aliphatic heterocycles. The summed E-state index contributed by atoms with van der Waals surface area (Å²) in [6, 6.07) is 4.93. The van der Waals surface area contributed by atoms with E-state index in [1.165, 1.54) is 0 Å². The number of benzene rings is 1. The van der Waals surface area contributed by atoms with E-state index in [1.807, 2.05) is 7.05 Å². The molecular formula is C15H26N2O3S. The highest BCUT2D eigenvalue weighted by molar-refractivity contribution is 7.89. The molecule has 1 rings (SSSR count). The van der Waals surface area contributed by atoms with Gasteiger partial charge in [-0.05, 0) is 31.2 Å². The molecule has 0 heterocycles. The van der Waals surface area contributed by atoms with Crippen molar-refractivity contribution in [2.75, 3.05) is 20.7 Å². The standard InChI is InChI=1S/C15H26N2O3S/c1-5-12(6-2)10-17-21(18,19)14-7-8-15(20-4)13(9-14)11-16-3/h7-9,12,16-17H,5-6,10-11H2,1-4H3. The Labute approximate surface area is 128 Å². The first-order chi connectivity index (χ1) is 9.98. The van der Waals surface area contributed by atoms with E-state index >= 15 is 0 Å². The zero-order chi connectivity index (χ0) is 15.9. The monoisotopic (exact) mass is 314 g/mol. The van der Waals surface area contributed by atoms with Crippen molar-refractivity contribution in [3.05, 3.63) is 23.8 Å². The van der Waals surface area contributed by atoms with Crippen molar-refractivity contribution in [3.8, 4) is 5.75 Å². The predicted octanol–water partition coefficient (Wildman–Crippen LogP) is 2.13. The fourth-order valence-electron chi connectivity index (χ4n) is 2.14. The molecule has 21 heavy (non-hydrogen) atoms. The van der Waals surface area contributed by atoms with Gasteiger partial charge in [0.1, 0.15) is 5.75 Å². The van der Waals surface area contributed by atoms with E-state index in [0.29, 0.717) is 24.8 Å². The summed E-state index contributed by atoms with van der Waals surface area (Å²) in [6.07, 6.45) is 1.93. The lowest BCUT2D eigenvalue weighted by Gasteiger charge is -2.15. The molecule has 5 nitrogen and oxygen atoms in total. The molecule has 0 aliphatic carbocycles. The largest absolute Gasteiger partial charge is 0.496 e. The molecule has 1 aromatic carbocycles. The Balaban J connectivity index is 2.95. The SMILES string of the molecule is CCC(CC)CNS(=O)(=O)c1ccc(OC)c(CNC)c1. The maximum atomic E-state index is 12.4. The van der Waals surface area contributed by atoms with Crippen LogP contribution in [0.15, 0.2) is 23.1 Å². The first kappa shape index (κ1) is 17.9. The zero-order valence-corrected chi connectivity index (χ0v) is 14.1. The average molecular weight is 314 g/mol. The van der Waals surface area contributed by atoms with E-state index in [1.54, 1.807) is 25.3 Å². The quantitative estimate of drug-likeness (QED) is 0.733. The van der Waals surface area contributed by atoms with Crippen LogP contribution in [0.2, 0.25) is 0 Å². The molecule has 0 amide bonds. The number of hydrogen-bond donors (Lipinski definition) is 2. The van der Waals surface area contributed by atoms with E-state index < -0.39 is 10.0 Å². The molecule has 6 heteroatoms. The highest BCUT2D eigenvalue weighted by atomic mass is 32.2. The number of nitrogens with one attached hydrogen (secondary N) is 2. The van der Waals surface area contributed by atoms with Crippen LogP contribution in [0.3, 0.4) is 0 Å². The minimum atomic E-state index is -3.47. The van der Waals surface area contributed by atoms with Gasteiger partial charge in [-0.2, -0.15) is 0 Å². The highest BCUT2D eigenvalue weighted by Gasteiger charge is 2.17. The summed E-state index contributed by atoms with van der Waals surface area (Å²) in [5, 5.41) is 3.01. The summed E-state index contributed by atoms with van der Waals surface area (Å²) >= 11 is 0. The van der Waals surface area contributed by atoms with Gasteiger partial charge in [-0.15, -0.1) is 0 Å². The lowest BCUT2D eigenvalue weighted by Crippen LogP contribution is -2.29. The zero-order valence-electron chi connectivity index (χ0n) is 13.3. The summed E-state index contributed by atoms with van der Waals surface area (Å²) in [6.45, 7) is 5.17. The highest BCUT2D eigenvalue weighted by Crippen LogP contribution is 2.22. The molecule has 0 saturated heterocycles. The Hall–Kier alpha value is -1.11. The Kier molecular flexibility index (Phi) is 7.14. The number of rotatable bonds is 9. The number of hydrogen-bond acceptors (Lipinski definition) is 4. The minimum absolute atomic E-state index is 0.277. The van der Waals surface area contributed by atoms with Crippen molar-refractivity contribution in [1.82, 2.24) is 10.0 Å². The third-order valence-corrected chi connectivity index (χ3v) is 5.07. The molecule has 120 valence electrons. The van der Waals surface area contributed by atoms with Crippen molar-refractivity contribution in [2.45, 2.75) is 38.1 Å². The van der Waals surface area contributed by atoms with Crippen LogP contribution in [-0.2, 0) is 16.6 Å². The van der Waals surface area contributed by atoms with Crippen LogP contribution in [0, 0.1) is 5.92 Å². The average Bonchev–Trinajstić information content (AvgIpc) is 2.48. The summed E-state index contributed by atoms with van der Waals surface area (Å²) in [5.74, 6) is 1.05. The van der Waals surface area contributed by atoms with E-state index in [9.17, 15) is 8.42 Å². The van der Waals surface area contributed by atoms with Crippen molar-refractivity contribution in [1.29, 1.82) is 0 Å². The molecule has 0 fully saturated rings. The molecule has 0 unspecified atom stereocenters. The lowest BCUT2D eigenvalue weighted by atomic mass is 10.0. The lowest BCUT2D eigenvalue weighted by molar-refractivity contribution is 0.408. The van der Waals surface area contributed by atoms with Gasteiger partial charge >= 0.3 is 0 Å². The molecular weight excluding hydrogens is 288 g/mol. The smallest absolute Gasteiger partial charge is 0.240 e. The minimum Gasteiger partial charge on any atom is -0.496 e. The van der Waals surface area contributed by atoms with Crippen molar-refractivity contribution >= 4 is 10.0 Å². The van der Waals surface area contributed by atoms with Crippen LogP contribution in [0.1, 0.15) is 32.3 Å². The van der Waals surface area contributed by atoms with Crippen molar-refractivity contribution in [3.63, 3.8) is 0 Å². The second-order valence-corrected chi connectivity index (χ2v) is 6.81. The van der Waals surface area contributed by atoms with Gasteiger partial charge in [0.25, 0.3) is 0 Å². The van der Waals surface area contributed by atoms with Gasteiger partial charge in [0.2, 0.25) is 10.0 Å². The Morgan fingerprint density at radius 1 is 1.24 bits per heavy atom. The third kappa shape index (κ3) is 4.98. The van der Waals surface area contributed by atoms with Crippen LogP contribution >= 0.6 is 0 Å². The fraction of sp³-hybridized carbons (Fsp3) is 0.600. The molecule has 0 spiro atoms. The Bertz CT molecular complexity index is 540. The summed E-state index contributed by atoms with van der Waals surface area (Å²) in [7, 11) is -0.0858. The normalized spacial score (nSPS) is 11.9. The van der Waals surface area contributed by atoms with Gasteiger partial charge in [0.15, 0.2) is 0 Å². The molecule has 0 aliphatic rings. The molecule has 0 aromatic heterocycles. The van der Waals surface area contributed by atoms with Gasteiger partial charge in [0, 0.05) is 18.7 Å². The van der Waals surface area contributed by atoms with Crippen molar-refractivity contribution < 1.29 is 13.2 Å². The summed E-state index contributed by atoms with van der Waals surface area (Å²) in [5.41, 5.74) is 0.824. The van der Waals surface area contributed by atoms with Gasteiger partial charge in [0.05, 0.1) is 12.0 Å². The first-order valence-corrected chi connectivity index (χ1v) is 8.77. The van der Waals surface area contributed by atoms with E-state index in [0.717, 1.165) is 18.4 Å². The van der Waals surface area contributed by atoms with Gasteiger partial charge in [-0.3, -0.25) is 0 Å². The molecule has 2 N–H and O–H groups in total. The molecule has 1 aromatic rings. The number of ether oxygens (including phenoxy) is 1. The molecule has 0 bridgehead atoms. The van der Waals surface area contributed by atoms with Gasteiger partial charge < -0.3 is 10.1 Å². The van der Waals surface area contributed by atoms with Crippen LogP contribution in [0.25, 0.3) is 0 Å². The summed E-state index contributed by atoms with van der Waals surface area (Å²) < 4.78 is 32.6. The molecule has 0 atom stereocenters. The van der Waals surface area contributed by atoms with Gasteiger partial charge in [-0.1, -0.05) is 26.7 Å². The third-order valence-electron chi connectivity index (χ3n) is 3.65. The van der Waals surface area contributed by atoms with E-state index in [2.05, 4.69) is 23.9 Å². The first-order valence-electron chi connectivity index (χ1n) is 7.29. The van der Waals surface area contributed by atoms with E-state index in [-0.39, 0.29) is 4.90 Å².